The monoisotopic (exact) mass is 492 g/mol. The number of aryl methyl sites for hydroxylation is 2. The van der Waals surface area contributed by atoms with Crippen molar-refractivity contribution in [1.82, 2.24) is 4.90 Å². The first-order chi connectivity index (χ1) is 15.3. The third kappa shape index (κ3) is 3.41. The zero-order valence-electron chi connectivity index (χ0n) is 18.0. The molecular weight excluding hydrogens is 468 g/mol. The molecule has 1 heterocycles. The van der Waals surface area contributed by atoms with Gasteiger partial charge in [0.2, 0.25) is 17.7 Å². The van der Waals surface area contributed by atoms with Gasteiger partial charge in [-0.05, 0) is 60.9 Å². The fourth-order valence-electron chi connectivity index (χ4n) is 5.50. The number of amides is 3. The summed E-state index contributed by atoms with van der Waals surface area (Å²) >= 11 is 3.52. The fraction of sp³-hybridized carbons (Fsp3) is 0.346. The first kappa shape index (κ1) is 21.1. The van der Waals surface area contributed by atoms with Crippen LogP contribution in [0.1, 0.15) is 23.1 Å². The lowest BCUT2D eigenvalue weighted by molar-refractivity contribution is -0.147. The zero-order chi connectivity index (χ0) is 22.6. The van der Waals surface area contributed by atoms with Crippen molar-refractivity contribution in [3.63, 3.8) is 0 Å². The van der Waals surface area contributed by atoms with Gasteiger partial charge in [0.05, 0.1) is 11.8 Å². The van der Waals surface area contributed by atoms with Gasteiger partial charge in [-0.2, -0.15) is 0 Å². The average Bonchev–Trinajstić information content (AvgIpc) is 3.45. The van der Waals surface area contributed by atoms with Crippen LogP contribution < -0.4 is 5.32 Å². The Hall–Kier alpha value is -2.73. The lowest BCUT2D eigenvalue weighted by Crippen LogP contribution is -2.49. The van der Waals surface area contributed by atoms with Crippen LogP contribution in [-0.2, 0) is 20.8 Å². The molecule has 32 heavy (non-hydrogen) atoms. The number of allylic oxidation sites excluding steroid dienone is 2. The molecule has 0 aromatic heterocycles. The molecule has 2 aromatic rings. The van der Waals surface area contributed by atoms with Gasteiger partial charge in [0, 0.05) is 16.6 Å². The van der Waals surface area contributed by atoms with Gasteiger partial charge in [0.25, 0.3) is 0 Å². The Bertz CT molecular complexity index is 1110. The highest BCUT2D eigenvalue weighted by atomic mass is 79.9. The molecule has 3 amide bonds. The van der Waals surface area contributed by atoms with E-state index in [-0.39, 0.29) is 41.4 Å². The second-order valence-corrected chi connectivity index (χ2v) is 10.0. The molecule has 0 radical (unpaired) electrons. The molecule has 6 heteroatoms. The summed E-state index contributed by atoms with van der Waals surface area (Å²) in [6.45, 7) is 3.88. The highest BCUT2D eigenvalue weighted by Crippen LogP contribution is 2.53. The minimum Gasteiger partial charge on any atom is -0.324 e. The van der Waals surface area contributed by atoms with E-state index in [1.165, 1.54) is 4.90 Å². The molecule has 2 bridgehead atoms. The predicted molar refractivity (Wildman–Crippen MR) is 126 cm³/mol. The van der Waals surface area contributed by atoms with Crippen LogP contribution in [0.3, 0.4) is 0 Å². The summed E-state index contributed by atoms with van der Waals surface area (Å²) in [5, 5.41) is 3.00. The molecular formula is C26H25BrN2O3. The number of nitrogens with zero attached hydrogens (tertiary/aromatic N) is 1. The highest BCUT2D eigenvalue weighted by molar-refractivity contribution is 9.10. The van der Waals surface area contributed by atoms with Crippen LogP contribution >= 0.6 is 15.9 Å². The smallest absolute Gasteiger partial charge is 0.248 e. The molecule has 0 unspecified atom stereocenters. The summed E-state index contributed by atoms with van der Waals surface area (Å²) in [4.78, 5) is 41.7. The number of imide groups is 1. The molecule has 164 valence electrons. The van der Waals surface area contributed by atoms with Crippen molar-refractivity contribution in [2.24, 2.45) is 23.7 Å². The first-order valence-electron chi connectivity index (χ1n) is 11.0. The van der Waals surface area contributed by atoms with E-state index in [0.29, 0.717) is 12.1 Å². The van der Waals surface area contributed by atoms with Crippen LogP contribution in [0.25, 0.3) is 0 Å². The summed E-state index contributed by atoms with van der Waals surface area (Å²) in [5.41, 5.74) is 3.51. The quantitative estimate of drug-likeness (QED) is 0.496. The van der Waals surface area contributed by atoms with Gasteiger partial charge < -0.3 is 5.32 Å². The summed E-state index contributed by atoms with van der Waals surface area (Å²) in [5.74, 6) is -1.14. The lowest BCUT2D eigenvalue weighted by Gasteiger charge is -2.27. The van der Waals surface area contributed by atoms with Crippen molar-refractivity contribution in [1.29, 1.82) is 0 Å². The summed E-state index contributed by atoms with van der Waals surface area (Å²) in [7, 11) is 0. The fourth-order valence-corrected chi connectivity index (χ4v) is 5.96. The van der Waals surface area contributed by atoms with Crippen LogP contribution in [0.4, 0.5) is 5.69 Å². The van der Waals surface area contributed by atoms with Gasteiger partial charge in [-0.3, -0.25) is 19.3 Å². The van der Waals surface area contributed by atoms with E-state index in [1.54, 1.807) is 0 Å². The van der Waals surface area contributed by atoms with Crippen molar-refractivity contribution in [3.8, 4) is 0 Å². The van der Waals surface area contributed by atoms with Gasteiger partial charge in [-0.15, -0.1) is 0 Å². The Kier molecular flexibility index (Phi) is 5.28. The van der Waals surface area contributed by atoms with Crippen molar-refractivity contribution in [2.75, 3.05) is 5.32 Å². The molecule has 2 aromatic carbocycles. The van der Waals surface area contributed by atoms with Crippen LogP contribution in [0.5, 0.6) is 0 Å². The van der Waals surface area contributed by atoms with Gasteiger partial charge >= 0.3 is 0 Å². The van der Waals surface area contributed by atoms with Crippen LogP contribution in [0, 0.1) is 37.5 Å². The zero-order valence-corrected chi connectivity index (χ0v) is 19.6. The predicted octanol–water partition coefficient (Wildman–Crippen LogP) is 4.42. The largest absolute Gasteiger partial charge is 0.324 e. The number of benzene rings is 2. The van der Waals surface area contributed by atoms with E-state index in [0.717, 1.165) is 27.6 Å². The van der Waals surface area contributed by atoms with Gasteiger partial charge in [0.1, 0.15) is 6.04 Å². The Balaban J connectivity index is 1.47. The lowest BCUT2D eigenvalue weighted by atomic mass is 9.85. The molecule has 5 rings (SSSR count). The number of nitrogens with one attached hydrogen (secondary N) is 1. The van der Waals surface area contributed by atoms with Gasteiger partial charge in [-0.25, -0.2) is 0 Å². The molecule has 2 fully saturated rings. The molecule has 1 saturated heterocycles. The van der Waals surface area contributed by atoms with E-state index in [4.69, 9.17) is 0 Å². The highest BCUT2D eigenvalue weighted by Gasteiger charge is 2.61. The Morgan fingerprint density at radius 2 is 1.66 bits per heavy atom. The van der Waals surface area contributed by atoms with Gasteiger partial charge in [-0.1, -0.05) is 58.4 Å². The molecule has 2 aliphatic carbocycles. The van der Waals surface area contributed by atoms with E-state index in [9.17, 15) is 14.4 Å². The number of hydrogen-bond donors (Lipinski definition) is 1. The topological polar surface area (TPSA) is 66.5 Å². The van der Waals surface area contributed by atoms with Crippen molar-refractivity contribution in [3.05, 3.63) is 75.8 Å². The molecule has 1 N–H and O–H groups in total. The second kappa shape index (κ2) is 8.00. The maximum atomic E-state index is 13.6. The van der Waals surface area contributed by atoms with E-state index >= 15 is 0 Å². The first-order valence-corrected chi connectivity index (χ1v) is 11.8. The standard InChI is InChI=1S/C26H25BrN2O3/c1-14-11-20(15(2)10-19(14)27)28-24(30)21(12-16-6-4-3-5-7-16)29-25(31)22-17-8-9-18(13-17)23(22)26(29)32/h3-11,17-18,21-23H,12-13H2,1-2H3,(H,28,30)/t17-,18-,21-,22+,23+/m0/s1. The molecule has 5 atom stereocenters. The number of likely N-dealkylation sites (tertiary alicyclic amines) is 1. The maximum absolute atomic E-state index is 13.6. The minimum absolute atomic E-state index is 0.114. The van der Waals surface area contributed by atoms with E-state index in [1.807, 2.05) is 56.3 Å². The van der Waals surface area contributed by atoms with Crippen LogP contribution in [-0.4, -0.2) is 28.7 Å². The number of rotatable bonds is 5. The molecule has 1 aliphatic heterocycles. The minimum atomic E-state index is -0.884. The Morgan fingerprint density at radius 1 is 1.03 bits per heavy atom. The van der Waals surface area contributed by atoms with Gasteiger partial charge in [0.15, 0.2) is 0 Å². The average molecular weight is 493 g/mol. The Morgan fingerprint density at radius 3 is 2.28 bits per heavy atom. The van der Waals surface area contributed by atoms with Crippen LogP contribution in [0.2, 0.25) is 0 Å². The normalized spacial score (nSPS) is 26.5. The van der Waals surface area contributed by atoms with Crippen molar-refractivity contribution < 1.29 is 14.4 Å². The SMILES string of the molecule is Cc1cc(NC(=O)[C@H](Cc2ccccc2)N2C(=O)[C@H]3[C@H](C2=O)[C@H]2C=C[C@H]3C2)c(C)cc1Br. The number of hydrogen-bond acceptors (Lipinski definition) is 3. The third-order valence-electron chi connectivity index (χ3n) is 7.15. The number of halogens is 1. The van der Waals surface area contributed by atoms with E-state index in [2.05, 4.69) is 33.4 Å². The molecule has 5 nitrogen and oxygen atoms in total. The van der Waals surface area contributed by atoms with E-state index < -0.39 is 6.04 Å². The maximum Gasteiger partial charge on any atom is 0.248 e. The number of fused-ring (bicyclic) bond motifs is 5. The van der Waals surface area contributed by atoms with Crippen LogP contribution in [0.15, 0.2) is 59.1 Å². The molecule has 0 spiro atoms. The third-order valence-corrected chi connectivity index (χ3v) is 8.01. The molecule has 1 saturated carbocycles. The number of carbonyl (C=O) groups excluding carboxylic acids is 3. The van der Waals surface area contributed by atoms with Crippen molar-refractivity contribution in [2.45, 2.75) is 32.7 Å². The van der Waals surface area contributed by atoms with Crippen molar-refractivity contribution >= 4 is 39.3 Å². The Labute approximate surface area is 196 Å². The molecule has 3 aliphatic rings. The summed E-state index contributed by atoms with van der Waals surface area (Å²) < 4.78 is 0.967. The summed E-state index contributed by atoms with van der Waals surface area (Å²) in [6, 6.07) is 12.5. The second-order valence-electron chi connectivity index (χ2n) is 9.16. The number of carbonyl (C=O) groups is 3. The summed E-state index contributed by atoms with van der Waals surface area (Å²) in [6.07, 6.45) is 5.30. The number of anilines is 1.